The van der Waals surface area contributed by atoms with Crippen molar-refractivity contribution in [3.8, 4) is 5.69 Å². The van der Waals surface area contributed by atoms with E-state index >= 15 is 0 Å². The zero-order valence-corrected chi connectivity index (χ0v) is 9.66. The Hall–Kier alpha value is -2.34. The Bertz CT molecular complexity index is 846. The zero-order chi connectivity index (χ0) is 12.7. The second-order valence-electron chi connectivity index (χ2n) is 3.52. The summed E-state index contributed by atoms with van der Waals surface area (Å²) in [4.78, 5) is 27.6. The average Bonchev–Trinajstić information content (AvgIpc) is 2.79. The van der Waals surface area contributed by atoms with E-state index in [9.17, 15) is 9.59 Å². The quantitative estimate of drug-likeness (QED) is 0.659. The Kier molecular flexibility index (Phi) is 2.31. The average molecular weight is 264 g/mol. The van der Waals surface area contributed by atoms with Crippen LogP contribution in [0.3, 0.4) is 0 Å². The van der Waals surface area contributed by atoms with Crippen molar-refractivity contribution in [2.24, 2.45) is 0 Å². The fourth-order valence-corrected chi connectivity index (χ4v) is 1.88. The van der Waals surface area contributed by atoms with Gasteiger partial charge < -0.3 is 4.42 Å². The predicted octanol–water partition coefficient (Wildman–Crippen LogP) is 1.09. The number of halogens is 1. The molecule has 2 heterocycles. The predicted molar refractivity (Wildman–Crippen MR) is 64.3 cm³/mol. The van der Waals surface area contributed by atoms with Crippen molar-refractivity contribution in [3.05, 3.63) is 62.7 Å². The second-order valence-corrected chi connectivity index (χ2v) is 3.93. The van der Waals surface area contributed by atoms with Crippen LogP contribution in [0.15, 0.2) is 50.7 Å². The normalized spacial score (nSPS) is 10.9. The first-order valence-electron chi connectivity index (χ1n) is 5.02. The summed E-state index contributed by atoms with van der Waals surface area (Å²) in [6.45, 7) is 0. The van der Waals surface area contributed by atoms with Crippen molar-refractivity contribution < 1.29 is 4.42 Å². The van der Waals surface area contributed by atoms with Crippen LogP contribution < -0.4 is 11.4 Å². The first-order chi connectivity index (χ1) is 8.68. The molecule has 0 N–H and O–H groups in total. The number of para-hydroxylation sites is 1. The Balaban J connectivity index is 2.47. The van der Waals surface area contributed by atoms with Gasteiger partial charge in [-0.15, -0.1) is 4.98 Å². The van der Waals surface area contributed by atoms with Crippen LogP contribution in [0, 0.1) is 0 Å². The van der Waals surface area contributed by atoms with Gasteiger partial charge >= 0.3 is 17.2 Å². The maximum atomic E-state index is 12.1. The summed E-state index contributed by atoms with van der Waals surface area (Å²) >= 11 is 5.97. The van der Waals surface area contributed by atoms with Crippen LogP contribution in [-0.4, -0.2) is 14.0 Å². The van der Waals surface area contributed by atoms with Crippen LogP contribution in [0.25, 0.3) is 11.5 Å². The lowest BCUT2D eigenvalue weighted by Crippen LogP contribution is -2.37. The van der Waals surface area contributed by atoms with Crippen molar-refractivity contribution in [2.75, 3.05) is 0 Å². The SMILES string of the molecule is O=c1nc2occn2c(=O)n1-c1ccccc1Cl. The molecule has 0 spiro atoms. The minimum absolute atomic E-state index is 0.0479. The van der Waals surface area contributed by atoms with Gasteiger partial charge in [-0.05, 0) is 12.1 Å². The minimum Gasteiger partial charge on any atom is -0.431 e. The monoisotopic (exact) mass is 263 g/mol. The zero-order valence-electron chi connectivity index (χ0n) is 8.91. The summed E-state index contributed by atoms with van der Waals surface area (Å²) in [7, 11) is 0. The highest BCUT2D eigenvalue weighted by molar-refractivity contribution is 6.32. The maximum absolute atomic E-state index is 12.1. The van der Waals surface area contributed by atoms with Gasteiger partial charge in [-0.2, -0.15) is 0 Å². The Morgan fingerprint density at radius 2 is 2.00 bits per heavy atom. The highest BCUT2D eigenvalue weighted by Crippen LogP contribution is 2.16. The summed E-state index contributed by atoms with van der Waals surface area (Å²) in [6, 6.07) is 6.54. The van der Waals surface area contributed by atoms with Crippen LogP contribution in [0.1, 0.15) is 0 Å². The van der Waals surface area contributed by atoms with E-state index in [2.05, 4.69) is 4.98 Å². The number of nitrogens with zero attached hydrogens (tertiary/aromatic N) is 3. The molecule has 0 fully saturated rings. The summed E-state index contributed by atoms with van der Waals surface area (Å²) in [5, 5.41) is 0.293. The van der Waals surface area contributed by atoms with Crippen LogP contribution in [-0.2, 0) is 0 Å². The van der Waals surface area contributed by atoms with Gasteiger partial charge in [0, 0.05) is 0 Å². The molecule has 6 nitrogen and oxygen atoms in total. The molecule has 1 aromatic carbocycles. The highest BCUT2D eigenvalue weighted by Gasteiger charge is 2.13. The van der Waals surface area contributed by atoms with Gasteiger partial charge in [0.05, 0.1) is 16.9 Å². The number of hydrogen-bond acceptors (Lipinski definition) is 4. The standard InChI is InChI=1S/C11H6ClN3O3/c12-7-3-1-2-4-8(7)15-9(16)13-10-14(11(15)17)5-6-18-10/h1-6H. The van der Waals surface area contributed by atoms with Gasteiger partial charge in [-0.3, -0.25) is 0 Å². The van der Waals surface area contributed by atoms with Crippen molar-refractivity contribution in [1.29, 1.82) is 0 Å². The molecule has 0 saturated carbocycles. The molecule has 0 unspecified atom stereocenters. The van der Waals surface area contributed by atoms with E-state index in [0.29, 0.717) is 5.02 Å². The van der Waals surface area contributed by atoms with Crippen LogP contribution in [0.4, 0.5) is 0 Å². The third-order valence-corrected chi connectivity index (χ3v) is 2.78. The molecule has 0 aliphatic rings. The van der Waals surface area contributed by atoms with Gasteiger partial charge in [-0.25, -0.2) is 18.6 Å². The van der Waals surface area contributed by atoms with E-state index in [1.54, 1.807) is 24.3 Å². The molecule has 90 valence electrons. The third kappa shape index (κ3) is 1.46. The molecule has 0 amide bonds. The molecule has 0 atom stereocenters. The number of oxazole rings is 1. The lowest BCUT2D eigenvalue weighted by atomic mass is 10.3. The largest absolute Gasteiger partial charge is 0.431 e. The van der Waals surface area contributed by atoms with Gasteiger partial charge in [0.2, 0.25) is 0 Å². The summed E-state index contributed by atoms with van der Waals surface area (Å²) in [6.07, 6.45) is 2.66. The minimum atomic E-state index is -0.733. The van der Waals surface area contributed by atoms with E-state index < -0.39 is 11.4 Å². The molecule has 3 rings (SSSR count). The molecule has 2 aromatic heterocycles. The fraction of sp³-hybridized carbons (Fsp3) is 0. The third-order valence-electron chi connectivity index (χ3n) is 2.46. The van der Waals surface area contributed by atoms with E-state index in [1.807, 2.05) is 0 Å². The fourth-order valence-electron chi connectivity index (χ4n) is 1.66. The van der Waals surface area contributed by atoms with E-state index in [0.717, 1.165) is 8.97 Å². The van der Waals surface area contributed by atoms with Gasteiger partial charge in [0.1, 0.15) is 6.26 Å². The van der Waals surface area contributed by atoms with Crippen molar-refractivity contribution in [3.63, 3.8) is 0 Å². The summed E-state index contributed by atoms with van der Waals surface area (Å²) in [5.74, 6) is -0.0479. The van der Waals surface area contributed by atoms with E-state index in [1.165, 1.54) is 12.5 Å². The molecule has 18 heavy (non-hydrogen) atoms. The lowest BCUT2D eigenvalue weighted by molar-refractivity contribution is 0.579. The van der Waals surface area contributed by atoms with Crippen molar-refractivity contribution >= 4 is 17.4 Å². The van der Waals surface area contributed by atoms with Crippen LogP contribution in [0.2, 0.25) is 5.02 Å². The van der Waals surface area contributed by atoms with Crippen molar-refractivity contribution in [1.82, 2.24) is 14.0 Å². The number of fused-ring (bicyclic) bond motifs is 1. The second kappa shape index (κ2) is 3.85. The molecule has 7 heteroatoms. The number of benzene rings is 1. The summed E-state index contributed by atoms with van der Waals surface area (Å²) < 4.78 is 6.93. The number of rotatable bonds is 1. The molecular formula is C11H6ClN3O3. The smallest absolute Gasteiger partial charge is 0.361 e. The Labute approximate surface area is 105 Å². The van der Waals surface area contributed by atoms with Gasteiger partial charge in [0.15, 0.2) is 0 Å². The first kappa shape index (κ1) is 10.8. The van der Waals surface area contributed by atoms with Crippen LogP contribution in [0.5, 0.6) is 0 Å². The van der Waals surface area contributed by atoms with E-state index in [-0.39, 0.29) is 11.5 Å². The molecule has 0 aliphatic carbocycles. The van der Waals surface area contributed by atoms with Gasteiger partial charge in [0.25, 0.3) is 0 Å². The molecular weight excluding hydrogens is 258 g/mol. The molecule has 0 aliphatic heterocycles. The number of hydrogen-bond donors (Lipinski definition) is 0. The molecule has 0 bridgehead atoms. The number of aromatic nitrogens is 3. The van der Waals surface area contributed by atoms with Crippen molar-refractivity contribution in [2.45, 2.75) is 0 Å². The topological polar surface area (TPSA) is 69.5 Å². The Morgan fingerprint density at radius 3 is 2.78 bits per heavy atom. The molecule has 3 aromatic rings. The van der Waals surface area contributed by atoms with Gasteiger partial charge in [-0.1, -0.05) is 23.7 Å². The van der Waals surface area contributed by atoms with Crippen LogP contribution >= 0.6 is 11.6 Å². The summed E-state index contributed by atoms with van der Waals surface area (Å²) in [5.41, 5.74) is -1.02. The molecule has 0 saturated heterocycles. The Morgan fingerprint density at radius 1 is 1.22 bits per heavy atom. The first-order valence-corrected chi connectivity index (χ1v) is 5.40. The van der Waals surface area contributed by atoms with E-state index in [4.69, 9.17) is 16.0 Å². The maximum Gasteiger partial charge on any atom is 0.361 e. The highest BCUT2D eigenvalue weighted by atomic mass is 35.5. The molecule has 0 radical (unpaired) electrons. The lowest BCUT2D eigenvalue weighted by Gasteiger charge is -2.05.